The quantitative estimate of drug-likeness (QED) is 0.267. The number of ether oxygens (including phenoxy) is 2. The summed E-state index contributed by atoms with van der Waals surface area (Å²) in [4.78, 5) is 24.6. The third kappa shape index (κ3) is 5.21. The molecule has 2 rings (SSSR count). The van der Waals surface area contributed by atoms with Crippen molar-refractivity contribution in [3.05, 3.63) is 35.4 Å². The zero-order valence-electron chi connectivity index (χ0n) is 17.0. The van der Waals surface area contributed by atoms with E-state index in [9.17, 15) is 40.2 Å². The summed E-state index contributed by atoms with van der Waals surface area (Å²) in [6.07, 6.45) is 0.921. The van der Waals surface area contributed by atoms with E-state index in [1.54, 1.807) is 0 Å². The first kappa shape index (κ1) is 23.5. The molecule has 0 saturated carbocycles. The Morgan fingerprint density at radius 3 is 1.23 bits per heavy atom. The number of rotatable bonds is 8. The lowest BCUT2D eigenvalue weighted by Crippen LogP contribution is -2.33. The Balaban J connectivity index is 2.08. The molecule has 0 unspecified atom stereocenters. The van der Waals surface area contributed by atoms with Crippen LogP contribution in [0.1, 0.15) is 47.4 Å². The molecule has 6 N–H and O–H groups in total. The molecule has 0 atom stereocenters. The number of benzene rings is 2. The van der Waals surface area contributed by atoms with Crippen LogP contribution in [0.5, 0.6) is 34.5 Å². The fourth-order valence-electron chi connectivity index (χ4n) is 2.75. The first-order chi connectivity index (χ1) is 14.5. The Hall–Kier alpha value is -3.82. The van der Waals surface area contributed by atoms with E-state index in [0.29, 0.717) is 12.8 Å². The second-order valence-corrected chi connectivity index (χ2v) is 7.09. The molecule has 0 bridgehead atoms. The Labute approximate surface area is 177 Å². The minimum Gasteiger partial charge on any atom is -0.504 e. The maximum Gasteiger partial charge on any atom is 0.338 e. The maximum absolute atomic E-state index is 12.3. The van der Waals surface area contributed by atoms with E-state index in [4.69, 9.17) is 9.47 Å². The van der Waals surface area contributed by atoms with Gasteiger partial charge in [0.2, 0.25) is 0 Å². The van der Waals surface area contributed by atoms with Gasteiger partial charge in [-0.25, -0.2) is 9.59 Å². The number of carbonyl (C=O) groups is 2. The van der Waals surface area contributed by atoms with Gasteiger partial charge in [-0.1, -0.05) is 13.8 Å². The highest BCUT2D eigenvalue weighted by Crippen LogP contribution is 2.37. The molecule has 2 aromatic carbocycles. The molecule has 0 aromatic heterocycles. The zero-order valence-corrected chi connectivity index (χ0v) is 17.0. The van der Waals surface area contributed by atoms with Crippen LogP contribution in [0.25, 0.3) is 0 Å². The largest absolute Gasteiger partial charge is 0.504 e. The standard InChI is InChI=1S/C21H24O10/c1-3-21(4-2,9-30-19(28)11-5-13(22)17(26)14(23)6-11)10-31-20(29)12-7-15(24)18(27)16(25)8-12/h5-8,22-27H,3-4,9-10H2,1-2H3. The van der Waals surface area contributed by atoms with Gasteiger partial charge in [-0.3, -0.25) is 0 Å². The zero-order chi connectivity index (χ0) is 23.3. The SMILES string of the molecule is CCC(CC)(COC(=O)c1cc(O)c(O)c(O)c1)COC(=O)c1cc(O)c(O)c(O)c1. The van der Waals surface area contributed by atoms with Crippen LogP contribution < -0.4 is 0 Å². The van der Waals surface area contributed by atoms with Gasteiger partial charge in [0.05, 0.1) is 11.1 Å². The number of phenols is 6. The minimum absolute atomic E-state index is 0.152. The second-order valence-electron chi connectivity index (χ2n) is 7.09. The predicted molar refractivity (Wildman–Crippen MR) is 106 cm³/mol. The van der Waals surface area contributed by atoms with E-state index in [1.165, 1.54) is 0 Å². The predicted octanol–water partition coefficient (Wildman–Crippen LogP) is 2.74. The van der Waals surface area contributed by atoms with Crippen LogP contribution >= 0.6 is 0 Å². The molecular weight excluding hydrogens is 412 g/mol. The van der Waals surface area contributed by atoms with Crippen LogP contribution in [0.2, 0.25) is 0 Å². The van der Waals surface area contributed by atoms with Crippen molar-refractivity contribution in [1.29, 1.82) is 0 Å². The van der Waals surface area contributed by atoms with Crippen LogP contribution in [0, 0.1) is 5.41 Å². The molecule has 0 spiro atoms. The summed E-state index contributed by atoms with van der Waals surface area (Å²) in [6, 6.07) is 3.78. The maximum atomic E-state index is 12.3. The first-order valence-corrected chi connectivity index (χ1v) is 9.37. The summed E-state index contributed by atoms with van der Waals surface area (Å²) in [5.41, 5.74) is -1.12. The van der Waals surface area contributed by atoms with E-state index in [-0.39, 0.29) is 24.3 Å². The van der Waals surface area contributed by atoms with Crippen molar-refractivity contribution in [2.75, 3.05) is 13.2 Å². The Bertz CT molecular complexity index is 857. The lowest BCUT2D eigenvalue weighted by Gasteiger charge is -2.30. The van der Waals surface area contributed by atoms with Crippen molar-refractivity contribution in [2.45, 2.75) is 26.7 Å². The summed E-state index contributed by atoms with van der Waals surface area (Å²) in [5, 5.41) is 56.9. The first-order valence-electron chi connectivity index (χ1n) is 9.37. The summed E-state index contributed by atoms with van der Waals surface area (Å²) < 4.78 is 10.5. The van der Waals surface area contributed by atoms with E-state index in [2.05, 4.69) is 0 Å². The number of phenolic OH excluding ortho intramolecular Hbond substituents is 6. The van der Waals surface area contributed by atoms with Crippen LogP contribution in [0.3, 0.4) is 0 Å². The smallest absolute Gasteiger partial charge is 0.338 e. The van der Waals surface area contributed by atoms with Gasteiger partial charge < -0.3 is 40.1 Å². The summed E-state index contributed by atoms with van der Waals surface area (Å²) >= 11 is 0. The number of carbonyl (C=O) groups excluding carboxylic acids is 2. The summed E-state index contributed by atoms with van der Waals surface area (Å²) in [5.74, 6) is -5.97. The Morgan fingerprint density at radius 2 is 0.968 bits per heavy atom. The van der Waals surface area contributed by atoms with Gasteiger partial charge in [0.1, 0.15) is 13.2 Å². The highest BCUT2D eigenvalue weighted by molar-refractivity contribution is 5.91. The molecule has 0 aliphatic heterocycles. The number of hydrogen-bond acceptors (Lipinski definition) is 10. The fourth-order valence-corrected chi connectivity index (χ4v) is 2.75. The third-order valence-corrected chi connectivity index (χ3v) is 5.13. The van der Waals surface area contributed by atoms with Crippen LogP contribution in [-0.2, 0) is 9.47 Å². The average molecular weight is 436 g/mol. The normalized spacial score (nSPS) is 11.2. The van der Waals surface area contributed by atoms with E-state index >= 15 is 0 Å². The monoisotopic (exact) mass is 436 g/mol. The number of aromatic hydroxyl groups is 6. The molecule has 0 aliphatic rings. The molecule has 0 saturated heterocycles. The van der Waals surface area contributed by atoms with Crippen LogP contribution in [0.15, 0.2) is 24.3 Å². The second kappa shape index (κ2) is 9.33. The number of esters is 2. The minimum atomic E-state index is -0.864. The molecule has 168 valence electrons. The van der Waals surface area contributed by atoms with Gasteiger partial charge in [0, 0.05) is 5.41 Å². The lowest BCUT2D eigenvalue weighted by molar-refractivity contribution is -0.00867. The van der Waals surface area contributed by atoms with Gasteiger partial charge in [-0.2, -0.15) is 0 Å². The molecule has 10 heteroatoms. The molecule has 0 aliphatic carbocycles. The van der Waals surface area contributed by atoms with Gasteiger partial charge in [0.15, 0.2) is 34.5 Å². The van der Waals surface area contributed by atoms with Crippen molar-refractivity contribution >= 4 is 11.9 Å². The molecule has 31 heavy (non-hydrogen) atoms. The molecule has 10 nitrogen and oxygen atoms in total. The molecule has 0 radical (unpaired) electrons. The molecule has 0 heterocycles. The van der Waals surface area contributed by atoms with Gasteiger partial charge in [-0.15, -0.1) is 0 Å². The van der Waals surface area contributed by atoms with Crippen molar-refractivity contribution in [2.24, 2.45) is 5.41 Å². The van der Waals surface area contributed by atoms with Gasteiger partial charge >= 0.3 is 11.9 Å². The van der Waals surface area contributed by atoms with E-state index < -0.39 is 51.9 Å². The molecule has 0 fully saturated rings. The fraction of sp³-hybridized carbons (Fsp3) is 0.333. The Kier molecular flexibility index (Phi) is 7.06. The topological polar surface area (TPSA) is 174 Å². The van der Waals surface area contributed by atoms with Crippen molar-refractivity contribution in [1.82, 2.24) is 0 Å². The van der Waals surface area contributed by atoms with Crippen LogP contribution in [-0.4, -0.2) is 55.8 Å². The molecule has 0 amide bonds. The van der Waals surface area contributed by atoms with E-state index in [1.807, 2.05) is 13.8 Å². The van der Waals surface area contributed by atoms with Gasteiger partial charge in [-0.05, 0) is 37.1 Å². The molecular formula is C21H24O10. The van der Waals surface area contributed by atoms with Crippen molar-refractivity contribution < 1.29 is 49.7 Å². The van der Waals surface area contributed by atoms with Crippen LogP contribution in [0.4, 0.5) is 0 Å². The van der Waals surface area contributed by atoms with Crippen molar-refractivity contribution in [3.8, 4) is 34.5 Å². The van der Waals surface area contributed by atoms with Gasteiger partial charge in [0.25, 0.3) is 0 Å². The third-order valence-electron chi connectivity index (χ3n) is 5.13. The Morgan fingerprint density at radius 1 is 0.677 bits per heavy atom. The summed E-state index contributed by atoms with van der Waals surface area (Å²) in [7, 11) is 0. The highest BCUT2D eigenvalue weighted by Gasteiger charge is 2.31. The van der Waals surface area contributed by atoms with E-state index in [0.717, 1.165) is 24.3 Å². The summed E-state index contributed by atoms with van der Waals surface area (Å²) in [6.45, 7) is 3.31. The number of hydrogen-bond donors (Lipinski definition) is 6. The lowest BCUT2D eigenvalue weighted by atomic mass is 9.84. The highest BCUT2D eigenvalue weighted by atomic mass is 16.5. The average Bonchev–Trinajstić information content (AvgIpc) is 2.75. The van der Waals surface area contributed by atoms with Crippen molar-refractivity contribution in [3.63, 3.8) is 0 Å². The molecule has 2 aromatic rings.